The van der Waals surface area contributed by atoms with Crippen LogP contribution in [-0.4, -0.2) is 50.7 Å². The Morgan fingerprint density at radius 3 is 2.52 bits per heavy atom. The molecule has 9 heteroatoms. The monoisotopic (exact) mass is 377 g/mol. The molecule has 2 rings (SSSR count). The number of ether oxygens (including phenoxy) is 2. The highest BCUT2D eigenvalue weighted by atomic mass is 16.6. The highest BCUT2D eigenvalue weighted by Gasteiger charge is 2.29. The van der Waals surface area contributed by atoms with E-state index in [1.54, 1.807) is 27.9 Å². The summed E-state index contributed by atoms with van der Waals surface area (Å²) >= 11 is 0. The Balaban J connectivity index is 2.27. The molecule has 27 heavy (non-hydrogen) atoms. The van der Waals surface area contributed by atoms with Crippen molar-refractivity contribution in [2.45, 2.75) is 51.8 Å². The Morgan fingerprint density at radius 1 is 1.30 bits per heavy atom. The summed E-state index contributed by atoms with van der Waals surface area (Å²) in [7, 11) is 1.61. The van der Waals surface area contributed by atoms with Crippen molar-refractivity contribution >= 4 is 6.09 Å². The van der Waals surface area contributed by atoms with E-state index in [-0.39, 0.29) is 19.1 Å². The first-order valence-corrected chi connectivity index (χ1v) is 8.75. The predicted octanol–water partition coefficient (Wildman–Crippen LogP) is 2.04. The molecule has 1 aromatic heterocycles. The summed E-state index contributed by atoms with van der Waals surface area (Å²) in [5.74, 6) is 0.933. The van der Waals surface area contributed by atoms with Crippen molar-refractivity contribution in [3.8, 4) is 5.75 Å². The minimum Gasteiger partial charge on any atom is -0.497 e. The van der Waals surface area contributed by atoms with Crippen LogP contribution in [0.2, 0.25) is 0 Å². The second kappa shape index (κ2) is 8.81. The second-order valence-corrected chi connectivity index (χ2v) is 7.15. The molecule has 148 valence electrons. The number of rotatable bonds is 7. The molecule has 1 heterocycles. The van der Waals surface area contributed by atoms with Crippen LogP contribution in [-0.2, 0) is 11.3 Å². The molecule has 0 saturated carbocycles. The van der Waals surface area contributed by atoms with Gasteiger partial charge in [0.25, 0.3) is 0 Å². The van der Waals surface area contributed by atoms with Gasteiger partial charge in [-0.3, -0.25) is 0 Å². The highest BCUT2D eigenvalue weighted by Crippen LogP contribution is 2.30. The fourth-order valence-electron chi connectivity index (χ4n) is 2.51. The fourth-order valence-corrected chi connectivity index (χ4v) is 2.51. The van der Waals surface area contributed by atoms with Crippen molar-refractivity contribution in [3.05, 3.63) is 35.7 Å². The van der Waals surface area contributed by atoms with Gasteiger partial charge in [0.05, 0.1) is 20.3 Å². The summed E-state index contributed by atoms with van der Waals surface area (Å²) in [6.45, 7) is 7.46. The quantitative estimate of drug-likeness (QED) is 0.759. The Morgan fingerprint density at radius 2 is 1.96 bits per heavy atom. The number of hydrogen-bond donors (Lipinski definition) is 2. The van der Waals surface area contributed by atoms with Crippen LogP contribution >= 0.6 is 0 Å². The zero-order valence-electron chi connectivity index (χ0n) is 16.3. The number of alkyl carbamates (subject to hydrolysis) is 1. The van der Waals surface area contributed by atoms with E-state index in [1.807, 2.05) is 31.2 Å². The lowest BCUT2D eigenvalue weighted by molar-refractivity contribution is 0.0494. The van der Waals surface area contributed by atoms with Crippen molar-refractivity contribution < 1.29 is 19.4 Å². The van der Waals surface area contributed by atoms with Crippen molar-refractivity contribution in [2.75, 3.05) is 13.7 Å². The van der Waals surface area contributed by atoms with Crippen LogP contribution in [0.4, 0.5) is 4.79 Å². The summed E-state index contributed by atoms with van der Waals surface area (Å²) in [6, 6.07) is 7.00. The van der Waals surface area contributed by atoms with Gasteiger partial charge in [0.2, 0.25) is 0 Å². The number of methoxy groups -OCH3 is 1. The van der Waals surface area contributed by atoms with Gasteiger partial charge in [-0.1, -0.05) is 19.1 Å². The minimum atomic E-state index is -0.625. The molecule has 9 nitrogen and oxygen atoms in total. The largest absolute Gasteiger partial charge is 0.497 e. The summed E-state index contributed by atoms with van der Waals surface area (Å²) in [5, 5.41) is 24.1. The molecule has 2 N–H and O–H groups in total. The third kappa shape index (κ3) is 5.92. The van der Waals surface area contributed by atoms with Crippen molar-refractivity contribution in [2.24, 2.45) is 0 Å². The number of aromatic nitrogens is 4. The van der Waals surface area contributed by atoms with E-state index < -0.39 is 17.7 Å². The molecule has 1 aromatic carbocycles. The summed E-state index contributed by atoms with van der Waals surface area (Å²) < 4.78 is 10.6. The maximum atomic E-state index is 12.3. The fraction of sp³-hybridized carbons (Fsp3) is 0.556. The predicted molar refractivity (Wildman–Crippen MR) is 98.4 cm³/mol. The standard InChI is InChI=1S/C18H27N5O4/c1-12(13-6-8-14(26-5)9-7-13)15(19-17(25)27-18(2,3)4)16-20-22-23(21-16)10-11-24/h6-9,12,15,24H,10-11H2,1-5H3,(H,19,25)/t12-,15+/m1/s1. The van der Waals surface area contributed by atoms with Gasteiger partial charge in [0.1, 0.15) is 17.4 Å². The van der Waals surface area contributed by atoms with E-state index in [1.165, 1.54) is 4.80 Å². The van der Waals surface area contributed by atoms with Gasteiger partial charge in [-0.2, -0.15) is 4.80 Å². The van der Waals surface area contributed by atoms with Gasteiger partial charge in [-0.25, -0.2) is 4.79 Å². The average molecular weight is 377 g/mol. The number of aliphatic hydroxyl groups is 1. The molecule has 0 unspecified atom stereocenters. The van der Waals surface area contributed by atoms with Crippen LogP contribution in [0, 0.1) is 0 Å². The van der Waals surface area contributed by atoms with Crippen LogP contribution in [0.3, 0.4) is 0 Å². The second-order valence-electron chi connectivity index (χ2n) is 7.15. The molecule has 2 aromatic rings. The van der Waals surface area contributed by atoms with Crippen LogP contribution in [0.25, 0.3) is 0 Å². The molecule has 2 atom stereocenters. The van der Waals surface area contributed by atoms with E-state index in [0.29, 0.717) is 5.82 Å². The number of tetrazole rings is 1. The molecular weight excluding hydrogens is 350 g/mol. The SMILES string of the molecule is COc1ccc([C@@H](C)[C@H](NC(=O)OC(C)(C)C)c2nnn(CCO)n2)cc1. The molecular formula is C18H27N5O4. The van der Waals surface area contributed by atoms with Gasteiger partial charge in [0.15, 0.2) is 5.82 Å². The van der Waals surface area contributed by atoms with Crippen LogP contribution < -0.4 is 10.1 Å². The minimum absolute atomic E-state index is 0.103. The topological polar surface area (TPSA) is 111 Å². The lowest BCUT2D eigenvalue weighted by Gasteiger charge is -2.26. The Kier molecular flexibility index (Phi) is 6.73. The molecule has 0 radical (unpaired) electrons. The maximum absolute atomic E-state index is 12.3. The maximum Gasteiger partial charge on any atom is 0.408 e. The Hall–Kier alpha value is -2.68. The Labute approximate surface area is 158 Å². The summed E-state index contributed by atoms with van der Waals surface area (Å²) in [5.41, 5.74) is 0.343. The van der Waals surface area contributed by atoms with E-state index in [9.17, 15) is 4.79 Å². The first kappa shape index (κ1) is 20.6. The average Bonchev–Trinajstić information content (AvgIpc) is 3.06. The number of amides is 1. The van der Waals surface area contributed by atoms with E-state index in [4.69, 9.17) is 14.6 Å². The number of nitrogens with one attached hydrogen (secondary N) is 1. The van der Waals surface area contributed by atoms with Crippen molar-refractivity contribution in [3.63, 3.8) is 0 Å². The van der Waals surface area contributed by atoms with Crippen molar-refractivity contribution in [1.29, 1.82) is 0 Å². The number of nitrogens with zero attached hydrogens (tertiary/aromatic N) is 4. The van der Waals surface area contributed by atoms with Crippen LogP contribution in [0.1, 0.15) is 51.0 Å². The molecule has 0 spiro atoms. The lowest BCUT2D eigenvalue weighted by atomic mass is 9.93. The van der Waals surface area contributed by atoms with Gasteiger partial charge >= 0.3 is 6.09 Å². The van der Waals surface area contributed by atoms with Gasteiger partial charge in [-0.05, 0) is 43.7 Å². The van der Waals surface area contributed by atoms with Crippen molar-refractivity contribution in [1.82, 2.24) is 25.5 Å². The smallest absolute Gasteiger partial charge is 0.408 e. The molecule has 0 aliphatic rings. The summed E-state index contributed by atoms with van der Waals surface area (Å²) in [6.07, 6.45) is -0.564. The first-order valence-electron chi connectivity index (χ1n) is 8.75. The van der Waals surface area contributed by atoms with E-state index in [2.05, 4.69) is 20.7 Å². The highest BCUT2D eigenvalue weighted by molar-refractivity contribution is 5.68. The number of aliphatic hydroxyl groups excluding tert-OH is 1. The molecule has 0 aliphatic heterocycles. The molecule has 1 amide bonds. The third-order valence-electron chi connectivity index (χ3n) is 3.86. The van der Waals surface area contributed by atoms with Crippen LogP contribution in [0.15, 0.2) is 24.3 Å². The van der Waals surface area contributed by atoms with E-state index >= 15 is 0 Å². The van der Waals surface area contributed by atoms with Gasteiger partial charge in [0, 0.05) is 5.92 Å². The Bertz CT molecular complexity index is 739. The third-order valence-corrected chi connectivity index (χ3v) is 3.86. The van der Waals surface area contributed by atoms with E-state index in [0.717, 1.165) is 11.3 Å². The molecule has 0 aliphatic carbocycles. The van der Waals surface area contributed by atoms with Gasteiger partial charge in [-0.15, -0.1) is 10.2 Å². The lowest BCUT2D eigenvalue weighted by Crippen LogP contribution is -2.37. The van der Waals surface area contributed by atoms with Crippen LogP contribution in [0.5, 0.6) is 5.75 Å². The molecule has 0 saturated heterocycles. The number of carbonyl (C=O) groups is 1. The normalized spacial score (nSPS) is 13.7. The summed E-state index contributed by atoms with van der Waals surface area (Å²) in [4.78, 5) is 13.6. The van der Waals surface area contributed by atoms with Gasteiger partial charge < -0.3 is 19.9 Å². The zero-order valence-corrected chi connectivity index (χ0v) is 16.3. The number of carbonyl (C=O) groups excluding carboxylic acids is 1. The number of benzene rings is 1. The molecule has 0 fully saturated rings. The first-order chi connectivity index (χ1) is 12.7. The zero-order chi connectivity index (χ0) is 20.0. The number of hydrogen-bond acceptors (Lipinski definition) is 7. The molecule has 0 bridgehead atoms.